The predicted molar refractivity (Wildman–Crippen MR) is 139 cm³/mol. The fourth-order valence-electron chi connectivity index (χ4n) is 3.72. The number of furan rings is 1. The quantitative estimate of drug-likeness (QED) is 0.173. The monoisotopic (exact) mass is 583 g/mol. The molecular weight excluding hydrogens is 570 g/mol. The third-order valence-electron chi connectivity index (χ3n) is 5.25. The van der Waals surface area contributed by atoms with Crippen LogP contribution in [0.2, 0.25) is 5.02 Å². The number of carbonyl (C=O) groups is 1. The number of para-hydroxylation sites is 1. The van der Waals surface area contributed by atoms with Crippen LogP contribution in [0, 0.1) is 0 Å². The van der Waals surface area contributed by atoms with Crippen molar-refractivity contribution in [3.63, 3.8) is 0 Å². The highest BCUT2D eigenvalue weighted by Crippen LogP contribution is 2.31. The van der Waals surface area contributed by atoms with E-state index in [1.165, 1.54) is 0 Å². The van der Waals surface area contributed by atoms with Gasteiger partial charge in [-0.2, -0.15) is 5.10 Å². The number of carbonyl (C=O) groups excluding carboxylic acids is 1. The lowest BCUT2D eigenvalue weighted by atomic mass is 10.2. The number of hydrazone groups is 1. The van der Waals surface area contributed by atoms with Gasteiger partial charge in [-0.3, -0.25) is 4.79 Å². The van der Waals surface area contributed by atoms with Crippen LogP contribution in [0.4, 0.5) is 0 Å². The first-order chi connectivity index (χ1) is 16.0. The van der Waals surface area contributed by atoms with Crippen LogP contribution >= 0.6 is 43.5 Å². The van der Waals surface area contributed by atoms with Gasteiger partial charge in [-0.25, -0.2) is 5.43 Å². The maximum absolute atomic E-state index is 12.6. The molecule has 0 aliphatic carbocycles. The maximum Gasteiger partial charge on any atom is 0.307 e. The van der Waals surface area contributed by atoms with E-state index in [-0.39, 0.29) is 5.76 Å². The number of benzene rings is 3. The van der Waals surface area contributed by atoms with Crippen LogP contribution in [0.5, 0.6) is 0 Å². The molecule has 2 aromatic heterocycles. The van der Waals surface area contributed by atoms with Gasteiger partial charge in [-0.15, -0.1) is 0 Å². The Labute approximate surface area is 211 Å². The second-order valence-electron chi connectivity index (χ2n) is 7.44. The second kappa shape index (κ2) is 9.17. The molecule has 0 saturated heterocycles. The Balaban J connectivity index is 1.39. The van der Waals surface area contributed by atoms with Crippen molar-refractivity contribution < 1.29 is 9.21 Å². The molecule has 0 aliphatic rings. The Hall–Kier alpha value is -2.87. The number of nitrogens with zero attached hydrogens (tertiary/aromatic N) is 2. The van der Waals surface area contributed by atoms with Gasteiger partial charge in [-0.05, 0) is 51.8 Å². The molecule has 33 heavy (non-hydrogen) atoms. The molecule has 5 nitrogen and oxygen atoms in total. The van der Waals surface area contributed by atoms with E-state index in [0.29, 0.717) is 12.1 Å². The molecule has 0 fully saturated rings. The number of hydrogen-bond acceptors (Lipinski definition) is 3. The minimum Gasteiger partial charge on any atom is -0.450 e. The minimum absolute atomic E-state index is 0.182. The highest BCUT2D eigenvalue weighted by Gasteiger charge is 2.14. The molecule has 1 amide bonds. The van der Waals surface area contributed by atoms with Crippen LogP contribution in [0.25, 0.3) is 21.9 Å². The van der Waals surface area contributed by atoms with E-state index in [2.05, 4.69) is 47.0 Å². The average molecular weight is 586 g/mol. The van der Waals surface area contributed by atoms with Crippen LogP contribution in [0.3, 0.4) is 0 Å². The van der Waals surface area contributed by atoms with E-state index >= 15 is 0 Å². The van der Waals surface area contributed by atoms with Gasteiger partial charge < -0.3 is 8.98 Å². The summed E-state index contributed by atoms with van der Waals surface area (Å²) < 4.78 is 9.47. The lowest BCUT2D eigenvalue weighted by Gasteiger charge is -2.07. The highest BCUT2D eigenvalue weighted by atomic mass is 79.9. The van der Waals surface area contributed by atoms with E-state index in [1.54, 1.807) is 12.3 Å². The largest absolute Gasteiger partial charge is 0.450 e. The molecule has 0 radical (unpaired) electrons. The Bertz CT molecular complexity index is 1540. The molecule has 2 heterocycles. The molecule has 0 bridgehead atoms. The van der Waals surface area contributed by atoms with Gasteiger partial charge in [0.15, 0.2) is 5.76 Å². The van der Waals surface area contributed by atoms with E-state index in [4.69, 9.17) is 16.0 Å². The Morgan fingerprint density at radius 1 is 1.09 bits per heavy atom. The number of fused-ring (bicyclic) bond motifs is 2. The van der Waals surface area contributed by atoms with Crippen LogP contribution in [0.1, 0.15) is 21.7 Å². The fraction of sp³-hybridized carbons (Fsp3) is 0.0400. The zero-order valence-corrected chi connectivity index (χ0v) is 21.0. The molecule has 0 atom stereocenters. The van der Waals surface area contributed by atoms with E-state index in [0.717, 1.165) is 41.4 Å². The average Bonchev–Trinajstić information content (AvgIpc) is 3.38. The summed E-state index contributed by atoms with van der Waals surface area (Å²) in [5.74, 6) is -0.243. The number of halogens is 3. The highest BCUT2D eigenvalue weighted by molar-refractivity contribution is 9.11. The van der Waals surface area contributed by atoms with Crippen molar-refractivity contribution in [1.29, 1.82) is 0 Å². The van der Waals surface area contributed by atoms with E-state index in [9.17, 15) is 4.79 Å². The SMILES string of the molecule is O=C(N/N=C\c1cn(Cc2ccccc2Cl)c2ccccc12)c1cc2cc(Br)cc(Br)c2o1. The summed E-state index contributed by atoms with van der Waals surface area (Å²) in [6.07, 6.45) is 3.64. The topological polar surface area (TPSA) is 59.5 Å². The summed E-state index contributed by atoms with van der Waals surface area (Å²) in [5, 5.41) is 6.74. The van der Waals surface area contributed by atoms with E-state index in [1.807, 2.05) is 66.9 Å². The molecule has 8 heteroatoms. The van der Waals surface area contributed by atoms with Gasteiger partial charge in [0.1, 0.15) is 5.58 Å². The maximum atomic E-state index is 12.6. The molecule has 0 saturated carbocycles. The van der Waals surface area contributed by atoms with Gasteiger partial charge in [0.05, 0.1) is 10.7 Å². The first-order valence-electron chi connectivity index (χ1n) is 10.0. The van der Waals surface area contributed by atoms with Crippen molar-refractivity contribution in [1.82, 2.24) is 9.99 Å². The zero-order chi connectivity index (χ0) is 22.9. The Morgan fingerprint density at radius 3 is 2.73 bits per heavy atom. The number of aromatic nitrogens is 1. The molecule has 0 spiro atoms. The second-order valence-corrected chi connectivity index (χ2v) is 9.61. The van der Waals surface area contributed by atoms with Crippen LogP contribution in [-0.2, 0) is 6.54 Å². The molecule has 3 aromatic carbocycles. The van der Waals surface area contributed by atoms with Crippen LogP contribution in [0.15, 0.2) is 91.4 Å². The molecule has 0 unspecified atom stereocenters. The molecule has 1 N–H and O–H groups in total. The molecule has 164 valence electrons. The van der Waals surface area contributed by atoms with Gasteiger partial charge in [-0.1, -0.05) is 63.9 Å². The summed E-state index contributed by atoms with van der Waals surface area (Å²) in [5.41, 5.74) is 6.13. The first kappa shape index (κ1) is 21.9. The standard InChI is InChI=1S/C25H16Br2ClN3O2/c26-18-9-16-10-23(33-24(16)20(27)11-18)25(32)30-29-12-17-14-31(22-8-4-2-6-19(17)22)13-15-5-1-3-7-21(15)28/h1-12,14H,13H2,(H,30,32)/b29-12-. The predicted octanol–water partition coefficient (Wildman–Crippen LogP) is 7.38. The molecular formula is C25H16Br2ClN3O2. The Kier molecular flexibility index (Phi) is 6.10. The van der Waals surface area contributed by atoms with E-state index < -0.39 is 5.91 Å². The molecule has 0 aliphatic heterocycles. The van der Waals surface area contributed by atoms with Crippen molar-refractivity contribution in [3.8, 4) is 0 Å². The molecule has 5 rings (SSSR count). The Morgan fingerprint density at radius 2 is 1.88 bits per heavy atom. The number of amides is 1. The fourth-order valence-corrected chi connectivity index (χ4v) is 5.26. The van der Waals surface area contributed by atoms with Gasteiger partial charge in [0.25, 0.3) is 0 Å². The third kappa shape index (κ3) is 4.49. The summed E-state index contributed by atoms with van der Waals surface area (Å²) in [7, 11) is 0. The minimum atomic E-state index is -0.426. The normalized spacial score (nSPS) is 11.6. The summed E-state index contributed by atoms with van der Waals surface area (Å²) in [4.78, 5) is 12.6. The van der Waals surface area contributed by atoms with Crippen molar-refractivity contribution >= 4 is 77.5 Å². The number of rotatable bonds is 5. The summed E-state index contributed by atoms with van der Waals surface area (Å²) in [6.45, 7) is 0.629. The lowest BCUT2D eigenvalue weighted by molar-refractivity contribution is 0.0929. The summed E-state index contributed by atoms with van der Waals surface area (Å²) in [6, 6.07) is 21.3. The van der Waals surface area contributed by atoms with Crippen LogP contribution in [-0.4, -0.2) is 16.7 Å². The third-order valence-corrected chi connectivity index (χ3v) is 6.66. The van der Waals surface area contributed by atoms with Crippen molar-refractivity contribution in [2.24, 2.45) is 5.10 Å². The summed E-state index contributed by atoms with van der Waals surface area (Å²) >= 11 is 13.2. The van der Waals surface area contributed by atoms with Crippen LogP contribution < -0.4 is 5.43 Å². The zero-order valence-electron chi connectivity index (χ0n) is 17.1. The lowest BCUT2D eigenvalue weighted by Crippen LogP contribution is -2.16. The van der Waals surface area contributed by atoms with Gasteiger partial charge in [0.2, 0.25) is 0 Å². The van der Waals surface area contributed by atoms with Crippen molar-refractivity contribution in [2.75, 3.05) is 0 Å². The van der Waals surface area contributed by atoms with Crippen molar-refractivity contribution in [2.45, 2.75) is 6.54 Å². The van der Waals surface area contributed by atoms with Gasteiger partial charge in [0, 0.05) is 44.1 Å². The van der Waals surface area contributed by atoms with Gasteiger partial charge >= 0.3 is 5.91 Å². The molecule has 5 aromatic rings. The smallest absolute Gasteiger partial charge is 0.307 e. The first-order valence-corrected chi connectivity index (χ1v) is 12.0. The number of nitrogens with one attached hydrogen (secondary N) is 1. The number of hydrogen-bond donors (Lipinski definition) is 1. The van der Waals surface area contributed by atoms with Crippen molar-refractivity contribution in [3.05, 3.63) is 104 Å².